The van der Waals surface area contributed by atoms with Crippen LogP contribution in [-0.2, 0) is 10.8 Å². The van der Waals surface area contributed by atoms with E-state index in [0.29, 0.717) is 0 Å². The van der Waals surface area contributed by atoms with Crippen LogP contribution in [0.3, 0.4) is 0 Å². The summed E-state index contributed by atoms with van der Waals surface area (Å²) in [5.74, 6) is 0. The van der Waals surface area contributed by atoms with Gasteiger partial charge in [-0.15, -0.1) is 0 Å². The van der Waals surface area contributed by atoms with Crippen LogP contribution in [0.5, 0.6) is 0 Å². The fourth-order valence-electron chi connectivity index (χ4n) is 15.7. The maximum absolute atomic E-state index is 2.44. The third-order valence-corrected chi connectivity index (χ3v) is 20.7. The zero-order valence-electron chi connectivity index (χ0n) is 53.1. The molecule has 0 saturated carbocycles. The van der Waals surface area contributed by atoms with Gasteiger partial charge in [-0.3, -0.25) is 0 Å². The molecule has 0 bridgehead atoms. The van der Waals surface area contributed by atoms with Crippen molar-refractivity contribution in [2.75, 3.05) is 9.80 Å². The first-order valence-corrected chi connectivity index (χ1v) is 32.9. The number of fused-ring (bicyclic) bond motifs is 16. The van der Waals surface area contributed by atoms with E-state index in [-0.39, 0.29) is 10.8 Å². The molecule has 2 nitrogen and oxygen atoms in total. The van der Waals surface area contributed by atoms with Gasteiger partial charge < -0.3 is 9.80 Å². The van der Waals surface area contributed by atoms with Crippen molar-refractivity contribution < 1.29 is 0 Å². The van der Waals surface area contributed by atoms with Gasteiger partial charge in [-0.25, -0.2) is 0 Å². The minimum Gasteiger partial charge on any atom is -0.310 e. The van der Waals surface area contributed by atoms with Gasteiger partial charge in [0.25, 0.3) is 0 Å². The lowest BCUT2D eigenvalue weighted by molar-refractivity contribution is 0.660. The standard InChI is InChI=1S/C92H66N2/c1-91(2)87-51-61(31-45-81(87)83-47-41-75(57-89(83)91)93(71-37-33-63-15-5-9-19-67(63)53-71)72-38-34-64-16-6-10-20-68(64)54-72)27-25-59-29-43-79-80-44-30-60(50-86(80)78-24-14-13-23-77(78)85(79)49-59)26-28-62-32-46-82-84-48-42-76(58-90(84)92(3,4)88(82)52-62)94(73-39-35-65-17-7-11-21-69(65)55-73)74-40-36-66-18-8-12-22-70(66)56-74/h5-58H,1-4H3/b27-25+,28-26+. The van der Waals surface area contributed by atoms with Crippen molar-refractivity contribution in [2.45, 2.75) is 38.5 Å². The van der Waals surface area contributed by atoms with E-state index >= 15 is 0 Å². The number of hydrogen-bond acceptors (Lipinski definition) is 2. The van der Waals surface area contributed by atoms with Crippen LogP contribution in [0.15, 0.2) is 303 Å². The Morgan fingerprint density at radius 2 is 0.447 bits per heavy atom. The Bertz CT molecular complexity index is 5350. The maximum Gasteiger partial charge on any atom is 0.0468 e. The summed E-state index contributed by atoms with van der Waals surface area (Å²) in [4.78, 5) is 4.85. The number of hydrogen-bond donors (Lipinski definition) is 0. The highest BCUT2D eigenvalue weighted by molar-refractivity contribution is 6.26. The Balaban J connectivity index is 0.622. The van der Waals surface area contributed by atoms with Crippen LogP contribution in [0.1, 0.15) is 72.2 Å². The summed E-state index contributed by atoms with van der Waals surface area (Å²) in [7, 11) is 0. The zero-order valence-corrected chi connectivity index (χ0v) is 53.1. The second-order valence-corrected chi connectivity index (χ2v) is 26.9. The van der Waals surface area contributed by atoms with Gasteiger partial charge in [0.15, 0.2) is 0 Å². The average molecular weight is 1200 g/mol. The normalized spacial score (nSPS) is 13.6. The van der Waals surface area contributed by atoms with E-state index in [1.807, 2.05) is 0 Å². The summed E-state index contributed by atoms with van der Waals surface area (Å²) >= 11 is 0. The summed E-state index contributed by atoms with van der Waals surface area (Å²) in [5, 5.41) is 17.4. The average Bonchev–Trinajstić information content (AvgIpc) is 1.49. The molecule has 16 aromatic rings. The Kier molecular flexibility index (Phi) is 12.7. The first-order chi connectivity index (χ1) is 46.0. The fourth-order valence-corrected chi connectivity index (χ4v) is 15.7. The summed E-state index contributed by atoms with van der Waals surface area (Å²) < 4.78 is 0. The smallest absolute Gasteiger partial charge is 0.0468 e. The summed E-state index contributed by atoms with van der Waals surface area (Å²) in [6, 6.07) is 113. The first-order valence-electron chi connectivity index (χ1n) is 32.9. The molecule has 0 heterocycles. The molecule has 0 N–H and O–H groups in total. The van der Waals surface area contributed by atoms with Crippen LogP contribution in [0.25, 0.3) is 122 Å². The van der Waals surface area contributed by atoms with Crippen molar-refractivity contribution in [1.29, 1.82) is 0 Å². The zero-order chi connectivity index (χ0) is 62.8. The Labute approximate surface area is 548 Å². The SMILES string of the molecule is CC1(C)c2cc(/C=C/c3ccc4c5ccc(/C=C/c6ccc7c(c6)C(C)(C)c6cc(N(c8ccc9ccccc9c8)c8ccc9ccccc9c8)ccc6-7)cc5c5ccccc5c4c3)ccc2-c2ccc(N(c3ccc4ccccc4c3)c3ccc4ccccc4c3)cc21. The van der Waals surface area contributed by atoms with Crippen molar-refractivity contribution in [3.05, 3.63) is 348 Å². The van der Waals surface area contributed by atoms with Crippen molar-refractivity contribution >= 4 is 134 Å². The third kappa shape index (κ3) is 9.15. The quantitative estimate of drug-likeness (QED) is 0.0995. The van der Waals surface area contributed by atoms with Gasteiger partial charge >= 0.3 is 0 Å². The fraction of sp³-hybridized carbons (Fsp3) is 0.0652. The molecule has 0 fully saturated rings. The molecule has 94 heavy (non-hydrogen) atoms. The molecule has 16 aromatic carbocycles. The Morgan fingerprint density at radius 3 is 0.787 bits per heavy atom. The van der Waals surface area contributed by atoms with E-state index in [2.05, 4.69) is 365 Å². The lowest BCUT2D eigenvalue weighted by atomic mass is 9.81. The number of nitrogens with zero attached hydrogens (tertiary/aromatic N) is 2. The summed E-state index contributed by atoms with van der Waals surface area (Å²) in [6.07, 6.45) is 9.16. The van der Waals surface area contributed by atoms with Crippen LogP contribution in [-0.4, -0.2) is 0 Å². The van der Waals surface area contributed by atoms with Crippen LogP contribution in [0.4, 0.5) is 34.1 Å². The molecule has 2 heteroatoms. The van der Waals surface area contributed by atoms with Crippen LogP contribution >= 0.6 is 0 Å². The lowest BCUT2D eigenvalue weighted by Gasteiger charge is -2.28. The molecule has 0 saturated heterocycles. The summed E-state index contributed by atoms with van der Waals surface area (Å²) in [6.45, 7) is 9.56. The predicted molar refractivity (Wildman–Crippen MR) is 404 cm³/mol. The molecule has 0 radical (unpaired) electrons. The highest BCUT2D eigenvalue weighted by Gasteiger charge is 2.38. The van der Waals surface area contributed by atoms with Crippen LogP contribution in [0, 0.1) is 0 Å². The minimum absolute atomic E-state index is 0.219. The van der Waals surface area contributed by atoms with Crippen molar-refractivity contribution in [3.63, 3.8) is 0 Å². The van der Waals surface area contributed by atoms with Gasteiger partial charge in [-0.05, 0) is 227 Å². The first kappa shape index (κ1) is 55.3. The van der Waals surface area contributed by atoms with Crippen molar-refractivity contribution in [1.82, 2.24) is 0 Å². The molecule has 0 spiro atoms. The van der Waals surface area contributed by atoms with E-state index in [1.165, 1.54) is 142 Å². The van der Waals surface area contributed by atoms with Gasteiger partial charge in [0.2, 0.25) is 0 Å². The molecule has 0 amide bonds. The molecule has 444 valence electrons. The molecule has 0 unspecified atom stereocenters. The topological polar surface area (TPSA) is 6.48 Å². The molecule has 0 aromatic heterocycles. The highest BCUT2D eigenvalue weighted by atomic mass is 15.1. The number of rotatable bonds is 10. The summed E-state index contributed by atoms with van der Waals surface area (Å²) in [5.41, 5.74) is 21.8. The van der Waals surface area contributed by atoms with Gasteiger partial charge in [-0.1, -0.05) is 270 Å². The number of benzene rings is 16. The second kappa shape index (κ2) is 21.5. The van der Waals surface area contributed by atoms with E-state index < -0.39 is 0 Å². The molecule has 2 aliphatic carbocycles. The third-order valence-electron chi connectivity index (χ3n) is 20.7. The molecular weight excluding hydrogens is 1130 g/mol. The van der Waals surface area contributed by atoms with E-state index in [4.69, 9.17) is 0 Å². The maximum atomic E-state index is 2.44. The number of anilines is 6. The van der Waals surface area contributed by atoms with Crippen LogP contribution in [0.2, 0.25) is 0 Å². The Hall–Kier alpha value is -11.6. The predicted octanol–water partition coefficient (Wildman–Crippen LogP) is 25.7. The molecule has 0 aliphatic heterocycles. The molecular formula is C92H66N2. The van der Waals surface area contributed by atoms with Gasteiger partial charge in [0.1, 0.15) is 0 Å². The lowest BCUT2D eigenvalue weighted by Crippen LogP contribution is -2.16. The highest BCUT2D eigenvalue weighted by Crippen LogP contribution is 2.54. The second-order valence-electron chi connectivity index (χ2n) is 26.9. The minimum atomic E-state index is -0.219. The van der Waals surface area contributed by atoms with Crippen molar-refractivity contribution in [3.8, 4) is 22.3 Å². The molecule has 0 atom stereocenters. The monoisotopic (exact) mass is 1200 g/mol. The largest absolute Gasteiger partial charge is 0.310 e. The van der Waals surface area contributed by atoms with Crippen LogP contribution < -0.4 is 9.80 Å². The molecule has 2 aliphatic rings. The van der Waals surface area contributed by atoms with E-state index in [0.717, 1.165) is 34.1 Å². The van der Waals surface area contributed by atoms with Gasteiger partial charge in [-0.2, -0.15) is 0 Å². The Morgan fingerprint density at radius 1 is 0.202 bits per heavy atom. The van der Waals surface area contributed by atoms with E-state index in [9.17, 15) is 0 Å². The molecule has 18 rings (SSSR count). The van der Waals surface area contributed by atoms with Gasteiger partial charge in [0.05, 0.1) is 0 Å². The van der Waals surface area contributed by atoms with E-state index in [1.54, 1.807) is 0 Å². The van der Waals surface area contributed by atoms with Gasteiger partial charge in [0, 0.05) is 45.0 Å². The van der Waals surface area contributed by atoms with Crippen molar-refractivity contribution in [2.24, 2.45) is 0 Å².